The van der Waals surface area contributed by atoms with Crippen molar-refractivity contribution in [1.82, 2.24) is 9.97 Å². The predicted molar refractivity (Wildman–Crippen MR) is 240 cm³/mol. The van der Waals surface area contributed by atoms with E-state index in [-0.39, 0.29) is 5.41 Å². The second-order valence-electron chi connectivity index (χ2n) is 15.1. The van der Waals surface area contributed by atoms with Gasteiger partial charge in [0.15, 0.2) is 5.82 Å². The molecule has 268 valence electrons. The van der Waals surface area contributed by atoms with Crippen LogP contribution in [0.1, 0.15) is 23.6 Å². The van der Waals surface area contributed by atoms with E-state index in [2.05, 4.69) is 189 Å². The van der Waals surface area contributed by atoms with Crippen LogP contribution in [-0.4, -0.2) is 9.97 Å². The summed E-state index contributed by atoms with van der Waals surface area (Å²) in [5.74, 6) is 0.710. The highest BCUT2D eigenvalue weighted by Gasteiger charge is 2.40. The minimum atomic E-state index is -0.219. The molecule has 0 fully saturated rings. The lowest BCUT2D eigenvalue weighted by Crippen LogP contribution is -2.22. The van der Waals surface area contributed by atoms with Crippen LogP contribution in [0.5, 0.6) is 0 Å². The average molecular weight is 745 g/mol. The van der Waals surface area contributed by atoms with Crippen molar-refractivity contribution >= 4 is 31.5 Å². The first-order chi connectivity index (χ1) is 28.1. The third kappa shape index (κ3) is 5.62. The molecule has 0 aliphatic heterocycles. The van der Waals surface area contributed by atoms with Crippen molar-refractivity contribution in [2.24, 2.45) is 0 Å². The van der Waals surface area contributed by atoms with Gasteiger partial charge in [0, 0.05) is 42.3 Å². The number of nitrogens with zero attached hydrogens (tertiary/aromatic N) is 2. The smallest absolute Gasteiger partial charge is 0.160 e. The van der Waals surface area contributed by atoms with E-state index in [1.54, 1.807) is 0 Å². The minimum absolute atomic E-state index is 0.219. The standard InChI is InChI=1S/C54H36N2S/c1-54(47-19-8-5-16-43(47)44-17-6-9-20-48(44)54)42-29-26-36(27-30-42)39-14-11-15-41(32-39)50-34-49(55-53(56-50)38-12-3-2-4-13-38)37-24-22-35(23-25-37)40-28-31-52-46(33-40)45-18-7-10-21-51(45)57-52/h2-34H,1H3. The fraction of sp³-hybridized carbons (Fsp3) is 0.0370. The largest absolute Gasteiger partial charge is 0.228 e. The highest BCUT2D eigenvalue weighted by atomic mass is 32.1. The molecule has 2 heterocycles. The maximum atomic E-state index is 5.16. The lowest BCUT2D eigenvalue weighted by Gasteiger charge is -2.28. The van der Waals surface area contributed by atoms with Crippen LogP contribution in [0.25, 0.3) is 87.5 Å². The van der Waals surface area contributed by atoms with Crippen LogP contribution in [0, 0.1) is 0 Å². The van der Waals surface area contributed by atoms with E-state index < -0.39 is 0 Å². The van der Waals surface area contributed by atoms with Gasteiger partial charge in [-0.15, -0.1) is 11.3 Å². The van der Waals surface area contributed by atoms with Gasteiger partial charge in [0.1, 0.15) is 0 Å². The molecule has 1 aliphatic carbocycles. The lowest BCUT2D eigenvalue weighted by atomic mass is 9.74. The van der Waals surface area contributed by atoms with Crippen LogP contribution in [-0.2, 0) is 5.41 Å². The number of thiophene rings is 1. The maximum Gasteiger partial charge on any atom is 0.160 e. The number of hydrogen-bond acceptors (Lipinski definition) is 3. The summed E-state index contributed by atoms with van der Waals surface area (Å²) in [6.07, 6.45) is 0. The molecule has 11 rings (SSSR count). The average Bonchev–Trinajstić information content (AvgIpc) is 3.79. The van der Waals surface area contributed by atoms with Crippen molar-refractivity contribution in [2.75, 3.05) is 0 Å². The van der Waals surface area contributed by atoms with Crippen molar-refractivity contribution in [3.8, 4) is 67.3 Å². The van der Waals surface area contributed by atoms with Crippen LogP contribution in [0.3, 0.4) is 0 Å². The molecule has 3 heteroatoms. The Morgan fingerprint density at radius 3 is 1.63 bits per heavy atom. The molecule has 0 atom stereocenters. The van der Waals surface area contributed by atoms with Crippen molar-refractivity contribution in [3.63, 3.8) is 0 Å². The van der Waals surface area contributed by atoms with Gasteiger partial charge < -0.3 is 0 Å². The third-order valence-electron chi connectivity index (χ3n) is 11.8. The van der Waals surface area contributed by atoms with Gasteiger partial charge in [0.2, 0.25) is 0 Å². The molecule has 0 spiro atoms. The Bertz CT molecular complexity index is 3080. The molecular weight excluding hydrogens is 709 g/mol. The third-order valence-corrected chi connectivity index (χ3v) is 13.0. The summed E-state index contributed by atoms with van der Waals surface area (Å²) in [5, 5.41) is 2.62. The second-order valence-corrected chi connectivity index (χ2v) is 16.2. The molecule has 0 N–H and O–H groups in total. The van der Waals surface area contributed by atoms with Crippen LogP contribution >= 0.6 is 11.3 Å². The Labute approximate surface area is 336 Å². The molecule has 1 aliphatic rings. The Hall–Kier alpha value is -6.94. The lowest BCUT2D eigenvalue weighted by molar-refractivity contribution is 0.714. The van der Waals surface area contributed by atoms with E-state index in [0.717, 1.165) is 33.6 Å². The van der Waals surface area contributed by atoms with Gasteiger partial charge in [-0.3, -0.25) is 0 Å². The van der Waals surface area contributed by atoms with E-state index >= 15 is 0 Å². The van der Waals surface area contributed by atoms with Crippen molar-refractivity contribution < 1.29 is 0 Å². The fourth-order valence-electron chi connectivity index (χ4n) is 8.82. The van der Waals surface area contributed by atoms with Gasteiger partial charge in [-0.1, -0.05) is 170 Å². The fourth-order valence-corrected chi connectivity index (χ4v) is 9.90. The summed E-state index contributed by atoms with van der Waals surface area (Å²) < 4.78 is 2.64. The molecular formula is C54H36N2S. The molecule has 2 aromatic heterocycles. The molecule has 8 aromatic carbocycles. The number of hydrogen-bond donors (Lipinski definition) is 0. The SMILES string of the molecule is CC1(c2ccc(-c3cccc(-c4cc(-c5ccc(-c6ccc7sc8ccccc8c7c6)cc5)nc(-c5ccccc5)n4)c3)cc2)c2ccccc2-c2ccccc21. The van der Waals surface area contributed by atoms with Gasteiger partial charge in [-0.05, 0) is 87.3 Å². The number of fused-ring (bicyclic) bond motifs is 6. The quantitative estimate of drug-likeness (QED) is 0.169. The van der Waals surface area contributed by atoms with E-state index in [9.17, 15) is 0 Å². The summed E-state index contributed by atoms with van der Waals surface area (Å²) in [5.41, 5.74) is 16.0. The van der Waals surface area contributed by atoms with Crippen molar-refractivity contribution in [2.45, 2.75) is 12.3 Å². The second kappa shape index (κ2) is 13.4. The van der Waals surface area contributed by atoms with Crippen LogP contribution in [0.2, 0.25) is 0 Å². The predicted octanol–water partition coefficient (Wildman–Crippen LogP) is 14.5. The zero-order chi connectivity index (χ0) is 37.9. The Balaban J connectivity index is 0.943. The van der Waals surface area contributed by atoms with E-state index in [1.165, 1.54) is 64.7 Å². The van der Waals surface area contributed by atoms with Gasteiger partial charge in [-0.25, -0.2) is 9.97 Å². The van der Waals surface area contributed by atoms with E-state index in [4.69, 9.17) is 9.97 Å². The first-order valence-electron chi connectivity index (χ1n) is 19.5. The molecule has 0 unspecified atom stereocenters. The summed E-state index contributed by atoms with van der Waals surface area (Å²) in [6.45, 7) is 2.36. The van der Waals surface area contributed by atoms with Crippen molar-refractivity contribution in [3.05, 3.63) is 217 Å². The highest BCUT2D eigenvalue weighted by molar-refractivity contribution is 7.25. The Morgan fingerprint density at radius 2 is 0.895 bits per heavy atom. The zero-order valence-corrected chi connectivity index (χ0v) is 32.2. The van der Waals surface area contributed by atoms with Gasteiger partial charge >= 0.3 is 0 Å². The van der Waals surface area contributed by atoms with Crippen LogP contribution < -0.4 is 0 Å². The summed E-state index contributed by atoms with van der Waals surface area (Å²) in [7, 11) is 0. The molecule has 0 radical (unpaired) electrons. The van der Waals surface area contributed by atoms with Crippen LogP contribution in [0.4, 0.5) is 0 Å². The number of aromatic nitrogens is 2. The van der Waals surface area contributed by atoms with Gasteiger partial charge in [0.25, 0.3) is 0 Å². The van der Waals surface area contributed by atoms with E-state index in [1.807, 2.05) is 29.5 Å². The van der Waals surface area contributed by atoms with Crippen LogP contribution in [0.15, 0.2) is 200 Å². The molecule has 0 saturated carbocycles. The molecule has 10 aromatic rings. The number of rotatable bonds is 6. The summed E-state index contributed by atoms with van der Waals surface area (Å²) >= 11 is 1.85. The normalized spacial score (nSPS) is 12.8. The van der Waals surface area contributed by atoms with Crippen molar-refractivity contribution in [1.29, 1.82) is 0 Å². The van der Waals surface area contributed by atoms with E-state index in [0.29, 0.717) is 5.82 Å². The summed E-state index contributed by atoms with van der Waals surface area (Å²) in [6, 6.07) is 72.2. The molecule has 2 nitrogen and oxygen atoms in total. The minimum Gasteiger partial charge on any atom is -0.228 e. The Morgan fingerprint density at radius 1 is 0.368 bits per heavy atom. The molecule has 0 amide bonds. The molecule has 0 bridgehead atoms. The number of benzene rings is 8. The monoisotopic (exact) mass is 744 g/mol. The van der Waals surface area contributed by atoms with Gasteiger partial charge in [0.05, 0.1) is 11.4 Å². The first-order valence-corrected chi connectivity index (χ1v) is 20.3. The topological polar surface area (TPSA) is 25.8 Å². The Kier molecular flexibility index (Phi) is 7.84. The maximum absolute atomic E-state index is 5.16. The summed E-state index contributed by atoms with van der Waals surface area (Å²) in [4.78, 5) is 10.3. The molecule has 57 heavy (non-hydrogen) atoms. The first kappa shape index (κ1) is 33.4. The van der Waals surface area contributed by atoms with Gasteiger partial charge in [-0.2, -0.15) is 0 Å². The molecule has 0 saturated heterocycles. The zero-order valence-electron chi connectivity index (χ0n) is 31.4. The highest BCUT2D eigenvalue weighted by Crippen LogP contribution is 2.52.